The maximum atomic E-state index is 12.5. The molecule has 0 fully saturated rings. The summed E-state index contributed by atoms with van der Waals surface area (Å²) in [5.74, 6) is -0.287. The number of aromatic hydroxyl groups is 1. The van der Waals surface area contributed by atoms with Crippen molar-refractivity contribution < 1.29 is 14.6 Å². The van der Waals surface area contributed by atoms with E-state index >= 15 is 0 Å². The largest absolute Gasteiger partial charge is 0.504 e. The van der Waals surface area contributed by atoms with Crippen LogP contribution in [0.3, 0.4) is 0 Å². The number of phenolic OH excluding ortho intramolecular Hbond substituents is 1. The van der Waals surface area contributed by atoms with Gasteiger partial charge in [-0.1, -0.05) is 29.5 Å². The lowest BCUT2D eigenvalue weighted by Gasteiger charge is -2.10. The third-order valence-electron chi connectivity index (χ3n) is 3.95. The average molecular weight is 391 g/mol. The number of nitrogens with zero attached hydrogens (tertiary/aromatic N) is 2. The Balaban J connectivity index is 1.90. The third kappa shape index (κ3) is 4.03. The van der Waals surface area contributed by atoms with Crippen LogP contribution in [0.2, 0.25) is 0 Å². The molecule has 0 saturated heterocycles. The number of rotatable bonds is 6. The number of nitriles is 1. The summed E-state index contributed by atoms with van der Waals surface area (Å²) in [7, 11) is 1.44. The fourth-order valence-electron chi connectivity index (χ4n) is 2.64. The Hall–Kier alpha value is -3.63. The number of benzene rings is 2. The van der Waals surface area contributed by atoms with E-state index in [4.69, 9.17) is 4.74 Å². The van der Waals surface area contributed by atoms with E-state index in [-0.39, 0.29) is 17.1 Å². The lowest BCUT2D eigenvalue weighted by Crippen LogP contribution is -2.13. The number of amides is 1. The second kappa shape index (κ2) is 8.37. The van der Waals surface area contributed by atoms with Crippen LogP contribution >= 0.6 is 11.3 Å². The summed E-state index contributed by atoms with van der Waals surface area (Å²) in [5, 5.41) is 22.7. The van der Waals surface area contributed by atoms with Gasteiger partial charge in [0.2, 0.25) is 0 Å². The highest BCUT2D eigenvalue weighted by atomic mass is 32.1. The molecule has 0 radical (unpaired) electrons. The van der Waals surface area contributed by atoms with Crippen LogP contribution in [-0.4, -0.2) is 23.1 Å². The second-order valence-electron chi connectivity index (χ2n) is 5.83. The van der Waals surface area contributed by atoms with Gasteiger partial charge in [0.1, 0.15) is 11.6 Å². The number of hydrogen-bond donors (Lipinski definition) is 2. The molecule has 28 heavy (non-hydrogen) atoms. The first kappa shape index (κ1) is 19.1. The first-order valence-electron chi connectivity index (χ1n) is 8.35. The van der Waals surface area contributed by atoms with Crippen molar-refractivity contribution in [3.8, 4) is 17.6 Å². The van der Waals surface area contributed by atoms with Gasteiger partial charge in [-0.15, -0.1) is 6.58 Å². The molecule has 1 heterocycles. The van der Waals surface area contributed by atoms with Crippen molar-refractivity contribution in [3.05, 3.63) is 65.8 Å². The number of phenols is 1. The van der Waals surface area contributed by atoms with Crippen LogP contribution in [0, 0.1) is 11.3 Å². The van der Waals surface area contributed by atoms with Crippen molar-refractivity contribution >= 4 is 38.7 Å². The van der Waals surface area contributed by atoms with Gasteiger partial charge >= 0.3 is 0 Å². The molecular formula is C21H17N3O3S. The van der Waals surface area contributed by atoms with E-state index in [1.165, 1.54) is 24.5 Å². The molecule has 2 N–H and O–H groups in total. The van der Waals surface area contributed by atoms with Crippen molar-refractivity contribution in [2.45, 2.75) is 6.42 Å². The minimum absolute atomic E-state index is 0.0111. The lowest BCUT2D eigenvalue weighted by molar-refractivity contribution is -0.112. The SMILES string of the molecule is C=CCc1cc(C=C(C#N)C(=O)Nc2nc3ccccc3s2)cc(OC)c1O. The van der Waals surface area contributed by atoms with E-state index in [2.05, 4.69) is 16.9 Å². The second-order valence-corrected chi connectivity index (χ2v) is 6.87. The summed E-state index contributed by atoms with van der Waals surface area (Å²) in [6, 6.07) is 12.7. The van der Waals surface area contributed by atoms with E-state index in [0.717, 1.165) is 10.2 Å². The molecule has 3 aromatic rings. The van der Waals surface area contributed by atoms with E-state index < -0.39 is 5.91 Å². The van der Waals surface area contributed by atoms with Crippen molar-refractivity contribution in [1.29, 1.82) is 5.26 Å². The molecule has 0 aliphatic heterocycles. The van der Waals surface area contributed by atoms with Crippen LogP contribution in [0.25, 0.3) is 16.3 Å². The Morgan fingerprint density at radius 3 is 2.89 bits per heavy atom. The van der Waals surface area contributed by atoms with Gasteiger partial charge in [0, 0.05) is 5.56 Å². The average Bonchev–Trinajstić information content (AvgIpc) is 3.10. The Kier molecular flexibility index (Phi) is 5.72. The maximum Gasteiger partial charge on any atom is 0.268 e. The standard InChI is InChI=1S/C21H17N3O3S/c1-3-6-14-9-13(11-17(27-2)19(14)25)10-15(12-22)20(26)24-21-23-16-7-4-5-8-18(16)28-21/h3-5,7-11,25H,1,6H2,2H3,(H,23,24,26). The summed E-state index contributed by atoms with van der Waals surface area (Å²) < 4.78 is 6.11. The van der Waals surface area contributed by atoms with Gasteiger partial charge in [-0.2, -0.15) is 5.26 Å². The highest BCUT2D eigenvalue weighted by Gasteiger charge is 2.14. The van der Waals surface area contributed by atoms with Gasteiger partial charge in [-0.05, 0) is 42.3 Å². The molecular weight excluding hydrogens is 374 g/mol. The van der Waals surface area contributed by atoms with Gasteiger partial charge in [0.05, 0.1) is 17.3 Å². The molecule has 6 nitrogen and oxygen atoms in total. The molecule has 1 amide bonds. The highest BCUT2D eigenvalue weighted by Crippen LogP contribution is 2.33. The van der Waals surface area contributed by atoms with Crippen LogP contribution in [0.5, 0.6) is 11.5 Å². The first-order valence-corrected chi connectivity index (χ1v) is 9.17. The number of carbonyl (C=O) groups is 1. The minimum atomic E-state index is -0.557. The summed E-state index contributed by atoms with van der Waals surface area (Å²) in [5.41, 5.74) is 1.84. The molecule has 2 aromatic carbocycles. The van der Waals surface area contributed by atoms with Crippen molar-refractivity contribution in [2.24, 2.45) is 0 Å². The molecule has 0 spiro atoms. The molecule has 140 valence electrons. The van der Waals surface area contributed by atoms with Crippen LogP contribution in [0.1, 0.15) is 11.1 Å². The predicted octanol–water partition coefficient (Wildman–Crippen LogP) is 4.28. The number of allylic oxidation sites excluding steroid dienone is 1. The first-order chi connectivity index (χ1) is 13.5. The summed E-state index contributed by atoms with van der Waals surface area (Å²) >= 11 is 1.33. The Labute approximate surface area is 166 Å². The number of hydrogen-bond acceptors (Lipinski definition) is 6. The van der Waals surface area contributed by atoms with Gasteiger partial charge in [0.25, 0.3) is 5.91 Å². The Morgan fingerprint density at radius 2 is 2.21 bits per heavy atom. The number of aromatic nitrogens is 1. The van der Waals surface area contributed by atoms with E-state index in [0.29, 0.717) is 22.7 Å². The van der Waals surface area contributed by atoms with E-state index in [9.17, 15) is 15.2 Å². The minimum Gasteiger partial charge on any atom is -0.504 e. The lowest BCUT2D eigenvalue weighted by atomic mass is 10.0. The zero-order valence-electron chi connectivity index (χ0n) is 15.1. The monoisotopic (exact) mass is 391 g/mol. The van der Waals surface area contributed by atoms with Crippen LogP contribution in [-0.2, 0) is 11.2 Å². The molecule has 1 aromatic heterocycles. The molecule has 0 aliphatic carbocycles. The zero-order chi connectivity index (χ0) is 20.1. The number of anilines is 1. The zero-order valence-corrected chi connectivity index (χ0v) is 15.9. The van der Waals surface area contributed by atoms with Crippen molar-refractivity contribution in [3.63, 3.8) is 0 Å². The van der Waals surface area contributed by atoms with E-state index in [1.807, 2.05) is 30.3 Å². The summed E-state index contributed by atoms with van der Waals surface area (Å²) in [4.78, 5) is 16.9. The number of ether oxygens (including phenoxy) is 1. The number of carbonyl (C=O) groups excluding carboxylic acids is 1. The van der Waals surface area contributed by atoms with Crippen molar-refractivity contribution in [1.82, 2.24) is 4.98 Å². The topological polar surface area (TPSA) is 95.2 Å². The van der Waals surface area contributed by atoms with E-state index in [1.54, 1.807) is 18.2 Å². The molecule has 0 atom stereocenters. The maximum absolute atomic E-state index is 12.5. The molecule has 0 bridgehead atoms. The molecule has 0 aliphatic rings. The number of para-hydroxylation sites is 1. The van der Waals surface area contributed by atoms with Crippen LogP contribution in [0.15, 0.2) is 54.6 Å². The fraction of sp³-hybridized carbons (Fsp3) is 0.0952. The quantitative estimate of drug-likeness (QED) is 0.371. The number of nitrogens with one attached hydrogen (secondary N) is 1. The number of fused-ring (bicyclic) bond motifs is 1. The molecule has 3 rings (SSSR count). The Bertz CT molecular complexity index is 1090. The van der Waals surface area contributed by atoms with Gasteiger partial charge in [0.15, 0.2) is 16.6 Å². The van der Waals surface area contributed by atoms with Gasteiger partial charge < -0.3 is 9.84 Å². The number of thiazole rings is 1. The van der Waals surface area contributed by atoms with Gasteiger partial charge in [-0.25, -0.2) is 4.98 Å². The number of methoxy groups -OCH3 is 1. The van der Waals surface area contributed by atoms with Crippen LogP contribution < -0.4 is 10.1 Å². The normalized spacial score (nSPS) is 11.1. The third-order valence-corrected chi connectivity index (χ3v) is 4.90. The molecule has 7 heteroatoms. The van der Waals surface area contributed by atoms with Crippen molar-refractivity contribution in [2.75, 3.05) is 12.4 Å². The molecule has 0 unspecified atom stereocenters. The highest BCUT2D eigenvalue weighted by molar-refractivity contribution is 7.22. The smallest absolute Gasteiger partial charge is 0.268 e. The summed E-state index contributed by atoms with van der Waals surface area (Å²) in [6.07, 6.45) is 3.51. The summed E-state index contributed by atoms with van der Waals surface area (Å²) in [6.45, 7) is 3.66. The van der Waals surface area contributed by atoms with Crippen LogP contribution in [0.4, 0.5) is 5.13 Å². The molecule has 0 saturated carbocycles. The van der Waals surface area contributed by atoms with Gasteiger partial charge in [-0.3, -0.25) is 10.1 Å². The fourth-order valence-corrected chi connectivity index (χ4v) is 3.51. The predicted molar refractivity (Wildman–Crippen MR) is 110 cm³/mol. The Morgan fingerprint density at radius 1 is 1.43 bits per heavy atom.